The molecule has 0 atom stereocenters. The van der Waals surface area contributed by atoms with E-state index in [1.54, 1.807) is 51.4 Å². The van der Waals surface area contributed by atoms with Gasteiger partial charge in [-0.2, -0.15) is 0 Å². The molecule has 6 bridgehead atoms. The Morgan fingerprint density at radius 3 is 1.05 bits per heavy atom. The Hall–Kier alpha value is -5.26. The zero-order chi connectivity index (χ0) is 49.4. The van der Waals surface area contributed by atoms with Crippen molar-refractivity contribution in [2.24, 2.45) is 16.2 Å². The number of aromatic carboxylic acids is 1. The van der Waals surface area contributed by atoms with Crippen LogP contribution in [0.5, 0.6) is 0 Å². The van der Waals surface area contributed by atoms with E-state index in [9.17, 15) is 27.6 Å². The number of nitrogens with zero attached hydrogens (tertiary/aromatic N) is 3. The summed E-state index contributed by atoms with van der Waals surface area (Å²) in [4.78, 5) is 51.9. The van der Waals surface area contributed by atoms with Gasteiger partial charge in [0.1, 0.15) is 17.5 Å². The summed E-state index contributed by atoms with van der Waals surface area (Å²) in [6, 6.07) is 9.10. The van der Waals surface area contributed by atoms with Gasteiger partial charge in [0, 0.05) is 85.6 Å². The first-order chi connectivity index (χ1) is 33.6. The number of esters is 2. The predicted octanol–water partition coefficient (Wildman–Crippen LogP) is 8.95. The number of carboxylic acids is 1. The van der Waals surface area contributed by atoms with Gasteiger partial charge in [-0.05, 0) is 196 Å². The molecule has 15 rings (SSSR count). The van der Waals surface area contributed by atoms with Crippen LogP contribution in [0.25, 0.3) is 32.7 Å². The number of carbonyl (C=O) groups excluding carboxylic acids is 2. The zero-order valence-electron chi connectivity index (χ0n) is 42.0. The summed E-state index contributed by atoms with van der Waals surface area (Å²) in [5.74, 6) is -2.77. The molecule has 19 heteroatoms. The lowest BCUT2D eigenvalue weighted by atomic mass is 9.73. The van der Waals surface area contributed by atoms with Crippen LogP contribution in [0, 0.1) is 54.5 Å². The van der Waals surface area contributed by atoms with Crippen LogP contribution < -0.4 is 0 Å². The van der Waals surface area contributed by atoms with E-state index in [1.807, 2.05) is 0 Å². The van der Waals surface area contributed by atoms with Crippen molar-refractivity contribution in [1.29, 1.82) is 0 Å². The maximum Gasteiger partial charge on any atom is 0.340 e. The summed E-state index contributed by atoms with van der Waals surface area (Å²) in [6.45, 7) is 16.7. The van der Waals surface area contributed by atoms with Crippen molar-refractivity contribution in [3.63, 3.8) is 0 Å². The minimum atomic E-state index is -1.06. The van der Waals surface area contributed by atoms with Gasteiger partial charge in [-0.25, -0.2) is 27.6 Å². The molecule has 3 aromatic carbocycles. The molecule has 0 spiro atoms. The number of aliphatic hydroxyl groups excluding tert-OH is 1. The topological polar surface area (TPSA) is 167 Å². The van der Waals surface area contributed by atoms with Gasteiger partial charge in [-0.1, -0.05) is 0 Å². The lowest BCUT2D eigenvalue weighted by molar-refractivity contribution is -0.0305. The summed E-state index contributed by atoms with van der Waals surface area (Å²) in [6.07, 6.45) is 14.9. The van der Waals surface area contributed by atoms with Gasteiger partial charge >= 0.3 is 17.9 Å². The fourth-order valence-electron chi connectivity index (χ4n) is 11.2. The molecule has 0 saturated carbocycles. The molecular weight excluding hydrogens is 959 g/mol. The summed E-state index contributed by atoms with van der Waals surface area (Å²) in [5, 5.41) is 19.5. The quantitative estimate of drug-likeness (QED) is 0.0734. The highest BCUT2D eigenvalue weighted by atomic mass is 35.5. The molecule has 0 aliphatic carbocycles. The number of carboxylic acid groups (broad SMARTS) is 1. The molecule has 3 aromatic heterocycles. The number of ether oxygens (including phenoxy) is 2. The second-order valence-corrected chi connectivity index (χ2v) is 20.9. The van der Waals surface area contributed by atoms with E-state index in [1.165, 1.54) is 63.3 Å². The number of benzene rings is 3. The zero-order valence-corrected chi connectivity index (χ0v) is 42.8. The van der Waals surface area contributed by atoms with Crippen molar-refractivity contribution < 1.29 is 47.2 Å². The van der Waals surface area contributed by atoms with E-state index in [-0.39, 0.29) is 75.0 Å². The Labute approximate surface area is 434 Å². The largest absolute Gasteiger partial charge is 0.478 e. The third-order valence-electron chi connectivity index (χ3n) is 16.5. The van der Waals surface area contributed by atoms with E-state index in [0.29, 0.717) is 74.7 Å². The van der Waals surface area contributed by atoms with E-state index in [4.69, 9.17) is 19.7 Å². The summed E-state index contributed by atoms with van der Waals surface area (Å²) < 4.78 is 52.0. The number of aromatic nitrogens is 3. The first-order valence-electron chi connectivity index (χ1n) is 24.7. The number of hydrogen-bond donors (Lipinski definition) is 5. The van der Waals surface area contributed by atoms with Crippen LogP contribution in [0.3, 0.4) is 0 Å². The SMILES string of the molecule is Cc1cc2[nH]cc(C(=O)O)c2cc1F.Cc1cc2[nH]cc(C(=O)OCC34CCN(CC3)CC4)c2cc1F.Cc1cc2[nH]cc(C(=O)OCC34CCN(CC3)CC4)c2cc1F.Cl.OCC12CCN(CC1)CC2.[B].[B]. The first-order valence-corrected chi connectivity index (χ1v) is 24.7. The molecule has 0 amide bonds. The number of halogens is 4. The van der Waals surface area contributed by atoms with Gasteiger partial charge in [0.05, 0.1) is 29.9 Å². The molecule has 13 nitrogen and oxygen atoms in total. The molecule has 5 N–H and O–H groups in total. The highest BCUT2D eigenvalue weighted by molar-refractivity contribution is 6.05. The molecule has 0 unspecified atom stereocenters. The van der Waals surface area contributed by atoms with Crippen LogP contribution in [0.4, 0.5) is 13.2 Å². The van der Waals surface area contributed by atoms with Crippen molar-refractivity contribution in [2.75, 3.05) is 78.7 Å². The maximum atomic E-state index is 13.8. The van der Waals surface area contributed by atoms with Crippen LogP contribution in [-0.2, 0) is 9.47 Å². The normalized spacial score (nSPS) is 25.1. The predicted molar refractivity (Wildman–Crippen MR) is 281 cm³/mol. The highest BCUT2D eigenvalue weighted by Gasteiger charge is 2.42. The second kappa shape index (κ2) is 23.5. The van der Waals surface area contributed by atoms with Crippen LogP contribution in [0.2, 0.25) is 0 Å². The monoisotopic (exact) mass is 1020 g/mol. The molecule has 9 aliphatic heterocycles. The highest BCUT2D eigenvalue weighted by Crippen LogP contribution is 2.42. The van der Waals surface area contributed by atoms with Crippen molar-refractivity contribution in [1.82, 2.24) is 29.7 Å². The van der Waals surface area contributed by atoms with Crippen LogP contribution in [0.15, 0.2) is 55.0 Å². The molecule has 6 aromatic rings. The number of H-pyrrole nitrogens is 3. The van der Waals surface area contributed by atoms with Crippen molar-refractivity contribution in [3.8, 4) is 0 Å². The smallest absolute Gasteiger partial charge is 0.340 e. The fraction of sp³-hybridized carbons (Fsp3) is 0.500. The number of aryl methyl sites for hydroxylation is 3. The van der Waals surface area contributed by atoms with Gasteiger partial charge in [0.25, 0.3) is 0 Å². The lowest BCUT2D eigenvalue weighted by Crippen LogP contribution is -2.50. The van der Waals surface area contributed by atoms with E-state index < -0.39 is 5.97 Å². The summed E-state index contributed by atoms with van der Waals surface area (Å²) >= 11 is 0. The molecule has 9 fully saturated rings. The second-order valence-electron chi connectivity index (χ2n) is 20.9. The Morgan fingerprint density at radius 2 is 0.781 bits per heavy atom. The number of aromatic amines is 3. The third kappa shape index (κ3) is 12.3. The minimum Gasteiger partial charge on any atom is -0.478 e. The van der Waals surface area contributed by atoms with E-state index in [0.717, 1.165) is 88.8 Å². The maximum absolute atomic E-state index is 13.8. The number of aliphatic hydroxyl groups is 1. The van der Waals surface area contributed by atoms with Crippen LogP contribution >= 0.6 is 12.4 Å². The van der Waals surface area contributed by atoms with Gasteiger partial charge in [0.2, 0.25) is 0 Å². The van der Waals surface area contributed by atoms with Gasteiger partial charge in [-0.3, -0.25) is 0 Å². The Morgan fingerprint density at radius 1 is 0.507 bits per heavy atom. The summed E-state index contributed by atoms with van der Waals surface area (Å²) in [7, 11) is 0. The Balaban J connectivity index is 0.000000164. The molecular formula is C54H66B2ClF3N6O7. The van der Waals surface area contributed by atoms with E-state index >= 15 is 0 Å². The van der Waals surface area contributed by atoms with Gasteiger partial charge in [-0.15, -0.1) is 12.4 Å². The molecule has 6 radical (unpaired) electrons. The molecule has 9 saturated heterocycles. The van der Waals surface area contributed by atoms with Crippen molar-refractivity contribution >= 4 is 79.8 Å². The lowest BCUT2D eigenvalue weighted by Gasteiger charge is -2.47. The molecule has 73 heavy (non-hydrogen) atoms. The Kier molecular flexibility index (Phi) is 18.4. The minimum absolute atomic E-state index is 0. The third-order valence-corrected chi connectivity index (χ3v) is 16.5. The molecule has 9 aliphatic rings. The fourth-order valence-corrected chi connectivity index (χ4v) is 11.2. The van der Waals surface area contributed by atoms with Gasteiger partial charge in [0.15, 0.2) is 0 Å². The Bertz CT molecular complexity index is 2730. The number of piperidine rings is 9. The van der Waals surface area contributed by atoms with Crippen LogP contribution in [-0.4, -0.2) is 153 Å². The van der Waals surface area contributed by atoms with Crippen LogP contribution in [0.1, 0.15) is 106 Å². The number of rotatable bonds is 8. The number of fused-ring (bicyclic) bond motifs is 12. The molecule has 388 valence electrons. The van der Waals surface area contributed by atoms with E-state index in [2.05, 4.69) is 29.7 Å². The van der Waals surface area contributed by atoms with Gasteiger partial charge < -0.3 is 49.3 Å². The first kappa shape index (κ1) is 57.0. The number of carbonyl (C=O) groups is 3. The molecule has 12 heterocycles. The number of hydrogen-bond acceptors (Lipinski definition) is 9. The van der Waals surface area contributed by atoms with Crippen molar-refractivity contribution in [2.45, 2.75) is 78.6 Å². The average Bonchev–Trinajstić information content (AvgIpc) is 4.12. The summed E-state index contributed by atoms with van der Waals surface area (Å²) in [5.41, 5.74) is 5.37. The van der Waals surface area contributed by atoms with Crippen molar-refractivity contribution in [3.05, 3.63) is 106 Å². The number of nitrogens with one attached hydrogen (secondary N) is 3. The standard InChI is InChI=1S/2C18H21FN2O2.C10H8FNO2.C8H15NO.2B.ClH/c2*1-12-8-16-13(9-15(12)19)14(10-20-16)17(22)23-11-18-2-5-21(6-3-18)7-4-18;1-5-2-9-6(3-8(5)11)7(4-12-9)10(13)14;10-7-8-1-4-9(5-2-8)6-3-8;;;/h2*8-10,20H,2-7,11H2,1H3;2-4,12H,1H3,(H,13,14);10H,1-7H2;;;1H. The average molecular weight is 1030 g/mol.